The van der Waals surface area contributed by atoms with Gasteiger partial charge in [-0.25, -0.2) is 8.42 Å². The maximum atomic E-state index is 12.7. The fourth-order valence-electron chi connectivity index (χ4n) is 1.74. The Bertz CT molecular complexity index is 603. The van der Waals surface area contributed by atoms with E-state index >= 15 is 0 Å². The third-order valence-electron chi connectivity index (χ3n) is 2.75. The van der Waals surface area contributed by atoms with Crippen LogP contribution in [0.5, 0.6) is 0 Å². The Morgan fingerprint density at radius 1 is 1.52 bits per heavy atom. The average molecular weight is 393 g/mol. The van der Waals surface area contributed by atoms with Gasteiger partial charge in [-0.05, 0) is 28.4 Å². The van der Waals surface area contributed by atoms with Crippen molar-refractivity contribution >= 4 is 37.3 Å². The smallest absolute Gasteiger partial charge is 0.245 e. The third-order valence-corrected chi connectivity index (χ3v) is 6.85. The van der Waals surface area contributed by atoms with Gasteiger partial charge < -0.3 is 5.32 Å². The highest BCUT2D eigenvalue weighted by molar-refractivity contribution is 9.11. The van der Waals surface area contributed by atoms with Gasteiger partial charge in [-0.15, -0.1) is 17.8 Å². The maximum Gasteiger partial charge on any atom is 0.245 e. The second-order valence-corrected chi connectivity index (χ2v) is 9.29. The molecule has 0 spiro atoms. The first-order chi connectivity index (χ1) is 9.82. The molecule has 0 saturated heterocycles. The number of thiophene rings is 1. The van der Waals surface area contributed by atoms with Crippen molar-refractivity contribution in [2.24, 2.45) is 0 Å². The van der Waals surface area contributed by atoms with Gasteiger partial charge in [-0.2, -0.15) is 4.31 Å². The fourth-order valence-corrected chi connectivity index (χ4v) is 5.77. The first kappa shape index (κ1) is 18.7. The molecule has 0 unspecified atom stereocenters. The van der Waals surface area contributed by atoms with Gasteiger partial charge >= 0.3 is 0 Å². The molecule has 1 N–H and O–H groups in total. The first-order valence-corrected chi connectivity index (χ1v) is 9.83. The SMILES string of the molecule is C#CCN(CCC)S(=O)(=O)c1cc(CNC(C)C)sc1Br. The van der Waals surface area contributed by atoms with Crippen LogP contribution in [0, 0.1) is 12.3 Å². The van der Waals surface area contributed by atoms with E-state index in [1.54, 1.807) is 6.07 Å². The minimum atomic E-state index is -3.55. The van der Waals surface area contributed by atoms with Gasteiger partial charge in [0.25, 0.3) is 0 Å². The Morgan fingerprint density at radius 3 is 2.71 bits per heavy atom. The summed E-state index contributed by atoms with van der Waals surface area (Å²) in [5.74, 6) is 2.42. The predicted octanol–water partition coefficient (Wildman–Crippen LogP) is 3.04. The summed E-state index contributed by atoms with van der Waals surface area (Å²) in [5, 5.41) is 3.28. The van der Waals surface area contributed by atoms with Crippen LogP contribution in [0.4, 0.5) is 0 Å². The van der Waals surface area contributed by atoms with Gasteiger partial charge in [-0.1, -0.05) is 26.7 Å². The zero-order chi connectivity index (χ0) is 16.0. The minimum Gasteiger partial charge on any atom is -0.310 e. The van der Waals surface area contributed by atoms with Crippen LogP contribution < -0.4 is 5.32 Å². The Hall–Kier alpha value is -0.390. The summed E-state index contributed by atoms with van der Waals surface area (Å²) in [6.45, 7) is 7.21. The lowest BCUT2D eigenvalue weighted by molar-refractivity contribution is 0.445. The molecule has 0 atom stereocenters. The topological polar surface area (TPSA) is 49.4 Å². The number of sulfonamides is 1. The predicted molar refractivity (Wildman–Crippen MR) is 91.9 cm³/mol. The molecule has 1 aromatic heterocycles. The van der Waals surface area contributed by atoms with Crippen LogP contribution in [0.15, 0.2) is 14.7 Å². The van der Waals surface area contributed by atoms with Gasteiger partial charge in [0.2, 0.25) is 10.0 Å². The summed E-state index contributed by atoms with van der Waals surface area (Å²) < 4.78 is 27.3. The quantitative estimate of drug-likeness (QED) is 0.691. The van der Waals surface area contributed by atoms with E-state index in [0.29, 0.717) is 27.8 Å². The second-order valence-electron chi connectivity index (χ2n) is 4.93. The molecule has 0 aliphatic carbocycles. The molecule has 1 rings (SSSR count). The van der Waals surface area contributed by atoms with Gasteiger partial charge in [0.05, 0.1) is 10.3 Å². The summed E-state index contributed by atoms with van der Waals surface area (Å²) in [6, 6.07) is 2.07. The molecule has 4 nitrogen and oxygen atoms in total. The van der Waals surface area contributed by atoms with Crippen LogP contribution in [0.3, 0.4) is 0 Å². The Morgan fingerprint density at radius 2 is 2.19 bits per heavy atom. The molecule has 0 saturated carbocycles. The molecule has 0 amide bonds. The molecule has 0 aliphatic heterocycles. The number of hydrogen-bond donors (Lipinski definition) is 1. The molecule has 1 aromatic rings. The third kappa shape index (κ3) is 5.08. The summed E-state index contributed by atoms with van der Waals surface area (Å²) in [4.78, 5) is 1.28. The van der Waals surface area contributed by atoms with E-state index in [1.165, 1.54) is 15.6 Å². The largest absolute Gasteiger partial charge is 0.310 e. The van der Waals surface area contributed by atoms with Crippen LogP contribution in [-0.2, 0) is 16.6 Å². The van der Waals surface area contributed by atoms with E-state index in [-0.39, 0.29) is 6.54 Å². The van der Waals surface area contributed by atoms with Crippen molar-refractivity contribution in [1.82, 2.24) is 9.62 Å². The number of hydrogen-bond acceptors (Lipinski definition) is 4. The van der Waals surface area contributed by atoms with Gasteiger partial charge in [0.15, 0.2) is 0 Å². The molecule has 0 fully saturated rings. The van der Waals surface area contributed by atoms with E-state index in [0.717, 1.165) is 11.3 Å². The minimum absolute atomic E-state index is 0.0953. The Balaban J connectivity index is 3.04. The van der Waals surface area contributed by atoms with E-state index < -0.39 is 10.0 Å². The molecule has 0 aliphatic rings. The average Bonchev–Trinajstić information content (AvgIpc) is 2.78. The Kier molecular flexibility index (Phi) is 7.37. The molecular formula is C14H21BrN2O2S2. The summed E-state index contributed by atoms with van der Waals surface area (Å²) >= 11 is 4.80. The highest BCUT2D eigenvalue weighted by Gasteiger charge is 2.27. The van der Waals surface area contributed by atoms with Crippen LogP contribution in [0.25, 0.3) is 0 Å². The summed E-state index contributed by atoms with van der Waals surface area (Å²) in [7, 11) is -3.55. The number of rotatable bonds is 8. The zero-order valence-corrected chi connectivity index (χ0v) is 15.7. The highest BCUT2D eigenvalue weighted by atomic mass is 79.9. The molecule has 1 heterocycles. The van der Waals surface area contributed by atoms with E-state index in [4.69, 9.17) is 6.42 Å². The summed E-state index contributed by atoms with van der Waals surface area (Å²) in [6.07, 6.45) is 6.01. The van der Waals surface area contributed by atoms with Crippen LogP contribution in [0.1, 0.15) is 32.1 Å². The lowest BCUT2D eigenvalue weighted by atomic mass is 10.4. The van der Waals surface area contributed by atoms with Crippen molar-refractivity contribution in [3.05, 3.63) is 14.7 Å². The van der Waals surface area contributed by atoms with E-state index in [2.05, 4.69) is 41.0 Å². The van der Waals surface area contributed by atoms with Crippen LogP contribution >= 0.6 is 27.3 Å². The monoisotopic (exact) mass is 392 g/mol. The Labute approximate surface area is 140 Å². The molecule has 21 heavy (non-hydrogen) atoms. The van der Waals surface area contributed by atoms with E-state index in [1.807, 2.05) is 6.92 Å². The molecular weight excluding hydrogens is 372 g/mol. The lowest BCUT2D eigenvalue weighted by Gasteiger charge is -2.18. The van der Waals surface area contributed by atoms with Crippen LogP contribution in [0.2, 0.25) is 0 Å². The number of halogens is 1. The van der Waals surface area contributed by atoms with Crippen molar-refractivity contribution < 1.29 is 8.42 Å². The molecule has 0 bridgehead atoms. The van der Waals surface area contributed by atoms with Gasteiger partial charge in [-0.3, -0.25) is 0 Å². The van der Waals surface area contributed by atoms with Crippen molar-refractivity contribution in [2.45, 2.75) is 44.7 Å². The second kappa shape index (κ2) is 8.30. The van der Waals surface area contributed by atoms with Crippen LogP contribution in [-0.4, -0.2) is 31.9 Å². The van der Waals surface area contributed by atoms with Crippen molar-refractivity contribution in [3.63, 3.8) is 0 Å². The van der Waals surface area contributed by atoms with Crippen molar-refractivity contribution in [2.75, 3.05) is 13.1 Å². The first-order valence-electron chi connectivity index (χ1n) is 6.78. The molecule has 7 heteroatoms. The maximum absolute atomic E-state index is 12.7. The normalized spacial score (nSPS) is 12.0. The van der Waals surface area contributed by atoms with E-state index in [9.17, 15) is 8.42 Å². The van der Waals surface area contributed by atoms with Crippen molar-refractivity contribution in [3.8, 4) is 12.3 Å². The lowest BCUT2D eigenvalue weighted by Crippen LogP contribution is -2.32. The highest BCUT2D eigenvalue weighted by Crippen LogP contribution is 2.33. The number of terminal acetylenes is 1. The van der Waals surface area contributed by atoms with Gasteiger partial charge in [0, 0.05) is 24.0 Å². The molecule has 118 valence electrons. The number of nitrogens with one attached hydrogen (secondary N) is 1. The summed E-state index contributed by atoms with van der Waals surface area (Å²) in [5.41, 5.74) is 0. The van der Waals surface area contributed by atoms with Gasteiger partial charge in [0.1, 0.15) is 4.90 Å². The van der Waals surface area contributed by atoms with Crippen molar-refractivity contribution in [1.29, 1.82) is 0 Å². The zero-order valence-electron chi connectivity index (χ0n) is 12.5. The molecule has 0 aromatic carbocycles. The number of nitrogens with zero attached hydrogens (tertiary/aromatic N) is 1. The standard InChI is InChI=1S/C14H21BrN2O2S2/c1-5-7-17(8-6-2)21(18,19)13-9-12(20-14(13)15)10-16-11(3)4/h1,9,11,16H,6-8,10H2,2-4H3. The fraction of sp³-hybridized carbons (Fsp3) is 0.571. The molecule has 0 radical (unpaired) electrons.